The Bertz CT molecular complexity index is 152. The molecule has 0 radical (unpaired) electrons. The van der Waals surface area contributed by atoms with Crippen molar-refractivity contribution < 1.29 is 0 Å². The molecular formula is C4H3Br2NS. The minimum atomic E-state index is 0.991. The van der Waals surface area contributed by atoms with Crippen LogP contribution in [0, 0.1) is 0 Å². The molecule has 1 nitrogen and oxygen atoms in total. The van der Waals surface area contributed by atoms with E-state index in [0.717, 1.165) is 9.09 Å². The highest BCUT2D eigenvalue weighted by Gasteiger charge is 1.99. The van der Waals surface area contributed by atoms with E-state index in [0.29, 0.717) is 0 Å². The van der Waals surface area contributed by atoms with Gasteiger partial charge in [0.15, 0.2) is 0 Å². The van der Waals surface area contributed by atoms with Crippen molar-refractivity contribution in [2.75, 3.05) is 0 Å². The SMILES string of the molecule is BrC1=C(Br)NSC=C1. The molecule has 0 aromatic carbocycles. The monoisotopic (exact) mass is 255 g/mol. The van der Waals surface area contributed by atoms with Crippen molar-refractivity contribution in [3.05, 3.63) is 20.6 Å². The zero-order chi connectivity index (χ0) is 5.98. The Labute approximate surface area is 69.0 Å². The van der Waals surface area contributed by atoms with Crippen molar-refractivity contribution in [3.63, 3.8) is 0 Å². The van der Waals surface area contributed by atoms with Crippen LogP contribution in [0.2, 0.25) is 0 Å². The third-order valence-corrected chi connectivity index (χ3v) is 3.32. The fraction of sp³-hybridized carbons (Fsp3) is 0. The summed E-state index contributed by atoms with van der Waals surface area (Å²) in [4.78, 5) is 0. The number of hydrogen-bond donors (Lipinski definition) is 1. The van der Waals surface area contributed by atoms with Crippen molar-refractivity contribution in [1.29, 1.82) is 0 Å². The molecule has 1 N–H and O–H groups in total. The molecule has 0 saturated carbocycles. The van der Waals surface area contributed by atoms with Gasteiger partial charge in [0.05, 0.1) is 0 Å². The Balaban J connectivity index is 2.76. The van der Waals surface area contributed by atoms with Crippen LogP contribution in [0.15, 0.2) is 20.6 Å². The minimum absolute atomic E-state index is 0.991. The molecule has 44 valence electrons. The van der Waals surface area contributed by atoms with Gasteiger partial charge in [0, 0.05) is 4.48 Å². The Kier molecular flexibility index (Phi) is 2.46. The summed E-state index contributed by atoms with van der Waals surface area (Å²) in [5, 5.41) is 1.97. The lowest BCUT2D eigenvalue weighted by molar-refractivity contribution is 1.38. The smallest absolute Gasteiger partial charge is 0.103 e. The predicted octanol–water partition coefficient (Wildman–Crippen LogP) is 2.71. The summed E-state index contributed by atoms with van der Waals surface area (Å²) in [5.74, 6) is 0. The van der Waals surface area contributed by atoms with Crippen LogP contribution in [-0.2, 0) is 0 Å². The Morgan fingerprint density at radius 2 is 2.25 bits per heavy atom. The van der Waals surface area contributed by atoms with Crippen LogP contribution in [-0.4, -0.2) is 0 Å². The fourth-order valence-electron chi connectivity index (χ4n) is 0.301. The second-order valence-electron chi connectivity index (χ2n) is 1.18. The van der Waals surface area contributed by atoms with E-state index in [9.17, 15) is 0 Å². The molecular weight excluding hydrogens is 254 g/mol. The van der Waals surface area contributed by atoms with Gasteiger partial charge < -0.3 is 4.72 Å². The van der Waals surface area contributed by atoms with Gasteiger partial charge in [-0.3, -0.25) is 0 Å². The molecule has 0 bridgehead atoms. The molecule has 0 atom stereocenters. The first-order valence-electron chi connectivity index (χ1n) is 1.94. The van der Waals surface area contributed by atoms with Crippen molar-refractivity contribution in [3.8, 4) is 0 Å². The third kappa shape index (κ3) is 1.53. The number of allylic oxidation sites excluding steroid dienone is 2. The van der Waals surface area contributed by atoms with E-state index in [1.54, 1.807) is 11.9 Å². The molecule has 1 aliphatic rings. The average molecular weight is 257 g/mol. The van der Waals surface area contributed by atoms with Crippen LogP contribution >= 0.6 is 43.8 Å². The standard InChI is InChI=1S/C4H3Br2NS/c5-3-1-2-8-7-4(3)6/h1-2,7H. The first-order chi connectivity index (χ1) is 3.80. The van der Waals surface area contributed by atoms with Gasteiger partial charge in [-0.05, 0) is 55.3 Å². The molecule has 1 aliphatic heterocycles. The molecule has 0 aromatic rings. The number of nitrogens with one attached hydrogen (secondary N) is 1. The van der Waals surface area contributed by atoms with Gasteiger partial charge in [-0.25, -0.2) is 0 Å². The van der Waals surface area contributed by atoms with Crippen molar-refractivity contribution in [2.24, 2.45) is 0 Å². The molecule has 1 rings (SSSR count). The lowest BCUT2D eigenvalue weighted by atomic mass is 10.6. The summed E-state index contributed by atoms with van der Waals surface area (Å²) >= 11 is 8.17. The molecule has 0 spiro atoms. The minimum Gasteiger partial charge on any atom is -0.319 e. The first-order valence-corrected chi connectivity index (χ1v) is 4.41. The lowest BCUT2D eigenvalue weighted by Crippen LogP contribution is -1.98. The van der Waals surface area contributed by atoms with Crippen molar-refractivity contribution in [2.45, 2.75) is 0 Å². The molecule has 0 unspecified atom stereocenters. The van der Waals surface area contributed by atoms with E-state index in [1.165, 1.54) is 0 Å². The highest BCUT2D eigenvalue weighted by atomic mass is 79.9. The van der Waals surface area contributed by atoms with Gasteiger partial charge in [-0.2, -0.15) is 0 Å². The maximum Gasteiger partial charge on any atom is 0.103 e. The highest BCUT2D eigenvalue weighted by molar-refractivity contribution is 9.14. The van der Waals surface area contributed by atoms with E-state index in [2.05, 4.69) is 36.6 Å². The van der Waals surface area contributed by atoms with Crippen LogP contribution < -0.4 is 4.72 Å². The maximum atomic E-state index is 3.32. The summed E-state index contributed by atoms with van der Waals surface area (Å²) in [6, 6.07) is 0. The summed E-state index contributed by atoms with van der Waals surface area (Å²) in [6.45, 7) is 0. The second kappa shape index (κ2) is 2.94. The Hall–Kier alpha value is 0.590. The van der Waals surface area contributed by atoms with Crippen LogP contribution in [0.1, 0.15) is 0 Å². The second-order valence-corrected chi connectivity index (χ2v) is 3.54. The summed E-state index contributed by atoms with van der Waals surface area (Å²) in [6.07, 6.45) is 1.98. The molecule has 0 aromatic heterocycles. The topological polar surface area (TPSA) is 12.0 Å². The lowest BCUT2D eigenvalue weighted by Gasteiger charge is -2.05. The third-order valence-electron chi connectivity index (χ3n) is 0.641. The van der Waals surface area contributed by atoms with Gasteiger partial charge in [0.2, 0.25) is 0 Å². The van der Waals surface area contributed by atoms with Gasteiger partial charge >= 0.3 is 0 Å². The zero-order valence-corrected chi connectivity index (χ0v) is 7.81. The fourth-order valence-corrected chi connectivity index (χ4v) is 1.74. The van der Waals surface area contributed by atoms with Crippen molar-refractivity contribution >= 4 is 43.8 Å². The quantitative estimate of drug-likeness (QED) is 0.529. The first kappa shape index (κ1) is 6.71. The number of rotatable bonds is 0. The Morgan fingerprint density at radius 1 is 1.50 bits per heavy atom. The molecule has 1 heterocycles. The summed E-state index contributed by atoms with van der Waals surface area (Å²) in [5.41, 5.74) is 0. The largest absolute Gasteiger partial charge is 0.319 e. The van der Waals surface area contributed by atoms with Crippen LogP contribution in [0.25, 0.3) is 0 Å². The number of halogens is 2. The summed E-state index contributed by atoms with van der Waals surface area (Å²) < 4.78 is 5.05. The van der Waals surface area contributed by atoms with Crippen LogP contribution in [0.4, 0.5) is 0 Å². The zero-order valence-electron chi connectivity index (χ0n) is 3.82. The molecule has 8 heavy (non-hydrogen) atoms. The molecule has 0 aliphatic carbocycles. The molecule has 0 saturated heterocycles. The van der Waals surface area contributed by atoms with Gasteiger partial charge in [-0.1, -0.05) is 0 Å². The predicted molar refractivity (Wildman–Crippen MR) is 44.7 cm³/mol. The van der Waals surface area contributed by atoms with E-state index < -0.39 is 0 Å². The summed E-state index contributed by atoms with van der Waals surface area (Å²) in [7, 11) is 0. The normalized spacial score (nSPS) is 18.8. The molecule has 4 heteroatoms. The van der Waals surface area contributed by atoms with Crippen molar-refractivity contribution in [1.82, 2.24) is 4.72 Å². The average Bonchev–Trinajstić information content (AvgIpc) is 1.77. The van der Waals surface area contributed by atoms with Gasteiger partial charge in [-0.15, -0.1) is 0 Å². The van der Waals surface area contributed by atoms with Crippen LogP contribution in [0.3, 0.4) is 0 Å². The maximum absolute atomic E-state index is 3.32. The highest BCUT2D eigenvalue weighted by Crippen LogP contribution is 2.23. The molecule has 0 fully saturated rings. The van der Waals surface area contributed by atoms with E-state index >= 15 is 0 Å². The van der Waals surface area contributed by atoms with E-state index in [4.69, 9.17) is 0 Å². The van der Waals surface area contributed by atoms with Crippen LogP contribution in [0.5, 0.6) is 0 Å². The Morgan fingerprint density at radius 3 is 2.62 bits per heavy atom. The van der Waals surface area contributed by atoms with E-state index in [-0.39, 0.29) is 0 Å². The van der Waals surface area contributed by atoms with Gasteiger partial charge in [0.25, 0.3) is 0 Å². The number of hydrogen-bond acceptors (Lipinski definition) is 2. The van der Waals surface area contributed by atoms with E-state index in [1.807, 2.05) is 11.5 Å². The van der Waals surface area contributed by atoms with Gasteiger partial charge in [0.1, 0.15) is 4.61 Å². The molecule has 0 amide bonds.